The fourth-order valence-electron chi connectivity index (χ4n) is 2.40. The maximum Gasteiger partial charge on any atom is 0.272 e. The molecule has 3 aromatic rings. The van der Waals surface area contributed by atoms with Crippen LogP contribution in [-0.4, -0.2) is 25.7 Å². The molecule has 6 nitrogen and oxygen atoms in total. The minimum absolute atomic E-state index is 0.210. The quantitative estimate of drug-likeness (QED) is 0.784. The van der Waals surface area contributed by atoms with Crippen LogP contribution in [0.5, 0.6) is 0 Å². The third-order valence-electron chi connectivity index (χ3n) is 3.65. The summed E-state index contributed by atoms with van der Waals surface area (Å²) in [5.41, 5.74) is 2.31. The molecule has 1 amide bonds. The fourth-order valence-corrected chi connectivity index (χ4v) is 2.40. The molecule has 0 fully saturated rings. The first-order chi connectivity index (χ1) is 11.6. The van der Waals surface area contributed by atoms with E-state index in [2.05, 4.69) is 20.4 Å². The predicted octanol–water partition coefficient (Wildman–Crippen LogP) is 2.52. The van der Waals surface area contributed by atoms with Crippen LogP contribution in [-0.2, 0) is 6.54 Å². The zero-order valence-electron chi connectivity index (χ0n) is 13.7. The van der Waals surface area contributed by atoms with E-state index in [4.69, 9.17) is 0 Å². The number of benzene rings is 1. The molecule has 2 heterocycles. The van der Waals surface area contributed by atoms with E-state index in [9.17, 15) is 4.79 Å². The number of amides is 1. The van der Waals surface area contributed by atoms with E-state index in [1.807, 2.05) is 44.2 Å². The van der Waals surface area contributed by atoms with Gasteiger partial charge in [0.05, 0.1) is 18.3 Å². The number of carbonyl (C=O) groups is 1. The van der Waals surface area contributed by atoms with Crippen molar-refractivity contribution >= 4 is 5.91 Å². The van der Waals surface area contributed by atoms with Crippen molar-refractivity contribution < 1.29 is 4.79 Å². The highest BCUT2D eigenvalue weighted by Gasteiger charge is 2.15. The molecule has 0 radical (unpaired) electrons. The van der Waals surface area contributed by atoms with Crippen LogP contribution in [0.4, 0.5) is 0 Å². The molecule has 1 unspecified atom stereocenters. The molecule has 3 rings (SSSR count). The Bertz CT molecular complexity index is 828. The average molecular weight is 321 g/mol. The Hall–Kier alpha value is -3.02. The predicted molar refractivity (Wildman–Crippen MR) is 90.4 cm³/mol. The Kier molecular flexibility index (Phi) is 4.65. The minimum Gasteiger partial charge on any atom is -0.343 e. The molecule has 24 heavy (non-hydrogen) atoms. The van der Waals surface area contributed by atoms with Crippen molar-refractivity contribution in [3.63, 3.8) is 0 Å². The van der Waals surface area contributed by atoms with E-state index in [-0.39, 0.29) is 11.9 Å². The molecule has 0 aliphatic rings. The van der Waals surface area contributed by atoms with Crippen molar-refractivity contribution in [2.24, 2.45) is 0 Å². The van der Waals surface area contributed by atoms with Crippen molar-refractivity contribution in [2.45, 2.75) is 26.4 Å². The Morgan fingerprint density at radius 1 is 1.21 bits per heavy atom. The van der Waals surface area contributed by atoms with Gasteiger partial charge in [-0.25, -0.2) is 9.97 Å². The molecular weight excluding hydrogens is 302 g/mol. The Morgan fingerprint density at radius 3 is 2.75 bits per heavy atom. The van der Waals surface area contributed by atoms with Crippen molar-refractivity contribution in [2.75, 3.05) is 0 Å². The molecule has 0 spiro atoms. The lowest BCUT2D eigenvalue weighted by Gasteiger charge is -2.12. The van der Waals surface area contributed by atoms with Crippen molar-refractivity contribution in [1.29, 1.82) is 0 Å². The third kappa shape index (κ3) is 3.84. The van der Waals surface area contributed by atoms with Gasteiger partial charge in [-0.1, -0.05) is 30.3 Å². The van der Waals surface area contributed by atoms with Crippen LogP contribution in [0.3, 0.4) is 0 Å². The number of hydrogen-bond acceptors (Lipinski definition) is 4. The van der Waals surface area contributed by atoms with Crippen LogP contribution in [0.2, 0.25) is 0 Å². The van der Waals surface area contributed by atoms with E-state index in [1.165, 1.54) is 0 Å². The normalized spacial score (nSPS) is 11.9. The van der Waals surface area contributed by atoms with Gasteiger partial charge in [-0.05, 0) is 31.5 Å². The van der Waals surface area contributed by atoms with Gasteiger partial charge in [0, 0.05) is 12.4 Å². The van der Waals surface area contributed by atoms with E-state index in [0.29, 0.717) is 18.1 Å². The zero-order valence-corrected chi connectivity index (χ0v) is 13.7. The second kappa shape index (κ2) is 7.04. The molecule has 1 aromatic carbocycles. The summed E-state index contributed by atoms with van der Waals surface area (Å²) in [5.74, 6) is 0.464. The second-order valence-corrected chi connectivity index (χ2v) is 5.61. The van der Waals surface area contributed by atoms with E-state index < -0.39 is 0 Å². The molecule has 6 heteroatoms. The number of aryl methyl sites for hydroxylation is 1. The average Bonchev–Trinajstić information content (AvgIpc) is 3.04. The maximum absolute atomic E-state index is 12.3. The first-order valence-corrected chi connectivity index (χ1v) is 7.79. The van der Waals surface area contributed by atoms with Crippen LogP contribution in [0.1, 0.15) is 40.5 Å². The second-order valence-electron chi connectivity index (χ2n) is 5.61. The topological polar surface area (TPSA) is 72.7 Å². The van der Waals surface area contributed by atoms with Crippen LogP contribution < -0.4 is 5.32 Å². The largest absolute Gasteiger partial charge is 0.343 e. The van der Waals surface area contributed by atoms with Gasteiger partial charge in [-0.15, -0.1) is 0 Å². The van der Waals surface area contributed by atoms with Gasteiger partial charge in [0.25, 0.3) is 5.91 Å². The van der Waals surface area contributed by atoms with Crippen molar-refractivity contribution in [1.82, 2.24) is 25.1 Å². The summed E-state index contributed by atoms with van der Waals surface area (Å²) in [5, 5.41) is 7.25. The van der Waals surface area contributed by atoms with Gasteiger partial charge in [0.15, 0.2) is 0 Å². The number of rotatable bonds is 5. The Balaban J connectivity index is 1.65. The summed E-state index contributed by atoms with van der Waals surface area (Å²) in [6, 6.07) is 13.3. The monoisotopic (exact) mass is 321 g/mol. The van der Waals surface area contributed by atoms with Gasteiger partial charge in [-0.2, -0.15) is 5.10 Å². The minimum atomic E-state index is -0.217. The van der Waals surface area contributed by atoms with Gasteiger partial charge in [0.1, 0.15) is 11.5 Å². The number of hydrogen-bond donors (Lipinski definition) is 1. The van der Waals surface area contributed by atoms with E-state index in [1.54, 1.807) is 29.2 Å². The highest BCUT2D eigenvalue weighted by atomic mass is 16.2. The SMILES string of the molecule is Cc1nccc(C(C)NC(=O)c2ccn(Cc3ccccc3)n2)n1. The summed E-state index contributed by atoms with van der Waals surface area (Å²) in [7, 11) is 0. The van der Waals surface area contributed by atoms with Crippen LogP contribution in [0.25, 0.3) is 0 Å². The molecule has 2 aromatic heterocycles. The summed E-state index contributed by atoms with van der Waals surface area (Å²) in [4.78, 5) is 20.7. The first-order valence-electron chi connectivity index (χ1n) is 7.79. The van der Waals surface area contributed by atoms with E-state index in [0.717, 1.165) is 11.3 Å². The van der Waals surface area contributed by atoms with Crippen LogP contribution in [0, 0.1) is 6.92 Å². The highest BCUT2D eigenvalue weighted by Crippen LogP contribution is 2.10. The van der Waals surface area contributed by atoms with Gasteiger partial charge in [-0.3, -0.25) is 9.48 Å². The van der Waals surface area contributed by atoms with Gasteiger partial charge in [0.2, 0.25) is 0 Å². The lowest BCUT2D eigenvalue weighted by atomic mass is 10.2. The molecular formula is C18H19N5O. The molecule has 122 valence electrons. The summed E-state index contributed by atoms with van der Waals surface area (Å²) < 4.78 is 1.75. The molecule has 0 bridgehead atoms. The van der Waals surface area contributed by atoms with Crippen molar-refractivity contribution in [3.8, 4) is 0 Å². The summed E-state index contributed by atoms with van der Waals surface area (Å²) in [6.45, 7) is 4.35. The third-order valence-corrected chi connectivity index (χ3v) is 3.65. The number of carbonyl (C=O) groups excluding carboxylic acids is 1. The molecule has 0 aliphatic heterocycles. The standard InChI is InChI=1S/C18H19N5O/c1-13(16-8-10-19-14(2)21-16)20-18(24)17-9-11-23(22-17)12-15-6-4-3-5-7-15/h3-11,13H,12H2,1-2H3,(H,20,24). The first kappa shape index (κ1) is 15.9. The highest BCUT2D eigenvalue weighted by molar-refractivity contribution is 5.92. The molecule has 0 aliphatic carbocycles. The lowest BCUT2D eigenvalue weighted by Crippen LogP contribution is -2.28. The van der Waals surface area contributed by atoms with Gasteiger partial charge < -0.3 is 5.32 Å². The molecule has 0 saturated heterocycles. The molecule has 0 saturated carbocycles. The summed E-state index contributed by atoms with van der Waals surface area (Å²) in [6.07, 6.45) is 3.50. The lowest BCUT2D eigenvalue weighted by molar-refractivity contribution is 0.0933. The van der Waals surface area contributed by atoms with E-state index >= 15 is 0 Å². The number of aromatic nitrogens is 4. The smallest absolute Gasteiger partial charge is 0.272 e. The van der Waals surface area contributed by atoms with Gasteiger partial charge >= 0.3 is 0 Å². The Morgan fingerprint density at radius 2 is 2.00 bits per heavy atom. The number of nitrogens with zero attached hydrogens (tertiary/aromatic N) is 4. The van der Waals surface area contributed by atoms with Crippen LogP contribution in [0.15, 0.2) is 54.9 Å². The zero-order chi connectivity index (χ0) is 16.9. The molecule has 1 atom stereocenters. The fraction of sp³-hybridized carbons (Fsp3) is 0.222. The number of nitrogens with one attached hydrogen (secondary N) is 1. The van der Waals surface area contributed by atoms with Crippen molar-refractivity contribution in [3.05, 3.63) is 77.6 Å². The molecule has 1 N–H and O–H groups in total. The Labute approximate surface area is 140 Å². The summed E-state index contributed by atoms with van der Waals surface area (Å²) >= 11 is 0. The maximum atomic E-state index is 12.3. The van der Waals surface area contributed by atoms with Crippen LogP contribution >= 0.6 is 0 Å².